The van der Waals surface area contributed by atoms with Crippen LogP contribution in [0.25, 0.3) is 32.7 Å². The van der Waals surface area contributed by atoms with Crippen molar-refractivity contribution in [1.29, 1.82) is 0 Å². The summed E-state index contributed by atoms with van der Waals surface area (Å²) in [5, 5.41) is 4.72. The van der Waals surface area contributed by atoms with Gasteiger partial charge in [-0.25, -0.2) is 0 Å². The SMILES string of the molecule is c1cc2ccccc2c(N(c2ccccc2)c2ccc(-c3ccc(N(c4ccccc4)c4cccc5ccccc45)cc3)cc2)c#1. The lowest BCUT2D eigenvalue weighted by molar-refractivity contribution is 1.29. The van der Waals surface area contributed by atoms with Crippen LogP contribution in [0, 0.1) is 12.1 Å². The normalized spacial score (nSPS) is 10.9. The Balaban J connectivity index is 1.16. The summed E-state index contributed by atoms with van der Waals surface area (Å²) in [5.41, 5.74) is 8.85. The van der Waals surface area contributed by atoms with Crippen LogP contribution in [-0.2, 0) is 0 Å². The first-order chi connectivity index (χ1) is 22.8. The first-order valence-corrected chi connectivity index (χ1v) is 15.5. The molecule has 0 heterocycles. The van der Waals surface area contributed by atoms with Crippen molar-refractivity contribution in [2.75, 3.05) is 9.80 Å². The third-order valence-corrected chi connectivity index (χ3v) is 8.48. The van der Waals surface area contributed by atoms with Crippen LogP contribution in [-0.4, -0.2) is 0 Å². The molecule has 0 aliphatic carbocycles. The summed E-state index contributed by atoms with van der Waals surface area (Å²) >= 11 is 0. The summed E-state index contributed by atoms with van der Waals surface area (Å²) in [4.78, 5) is 4.60. The van der Waals surface area contributed by atoms with E-state index in [1.807, 2.05) is 12.1 Å². The molecule has 0 bridgehead atoms. The predicted molar refractivity (Wildman–Crippen MR) is 194 cm³/mol. The highest BCUT2D eigenvalue weighted by molar-refractivity contribution is 5.99. The monoisotopic (exact) mass is 586 g/mol. The van der Waals surface area contributed by atoms with Crippen LogP contribution in [0.1, 0.15) is 0 Å². The molecule has 216 valence electrons. The van der Waals surface area contributed by atoms with Crippen LogP contribution in [0.2, 0.25) is 0 Å². The predicted octanol–water partition coefficient (Wildman–Crippen LogP) is 12.2. The molecule has 8 rings (SSSR count). The average molecular weight is 587 g/mol. The molecule has 0 aliphatic heterocycles. The minimum Gasteiger partial charge on any atom is -0.310 e. The van der Waals surface area contributed by atoms with Gasteiger partial charge in [-0.3, -0.25) is 0 Å². The molecule has 0 radical (unpaired) electrons. The van der Waals surface area contributed by atoms with E-state index in [0.717, 1.165) is 56.0 Å². The van der Waals surface area contributed by atoms with E-state index < -0.39 is 0 Å². The number of hydrogen-bond donors (Lipinski definition) is 0. The Morgan fingerprint density at radius 2 is 0.826 bits per heavy atom. The van der Waals surface area contributed by atoms with E-state index in [2.05, 4.69) is 192 Å². The van der Waals surface area contributed by atoms with Crippen LogP contribution >= 0.6 is 0 Å². The number of nitrogens with zero attached hydrogens (tertiary/aromatic N) is 2. The molecule has 8 aromatic carbocycles. The second-order valence-electron chi connectivity index (χ2n) is 11.3. The van der Waals surface area contributed by atoms with E-state index in [0.29, 0.717) is 0 Å². The van der Waals surface area contributed by atoms with E-state index >= 15 is 0 Å². The van der Waals surface area contributed by atoms with Crippen molar-refractivity contribution in [3.05, 3.63) is 194 Å². The highest BCUT2D eigenvalue weighted by atomic mass is 15.1. The molecular weight excluding hydrogens is 556 g/mol. The lowest BCUT2D eigenvalue weighted by Crippen LogP contribution is -2.10. The Hall–Kier alpha value is -6.30. The van der Waals surface area contributed by atoms with Crippen molar-refractivity contribution in [1.82, 2.24) is 0 Å². The zero-order chi connectivity index (χ0) is 30.7. The van der Waals surface area contributed by atoms with Crippen LogP contribution in [0.3, 0.4) is 0 Å². The van der Waals surface area contributed by atoms with Gasteiger partial charge in [0.2, 0.25) is 0 Å². The Morgan fingerprint density at radius 3 is 1.48 bits per heavy atom. The second kappa shape index (κ2) is 12.0. The van der Waals surface area contributed by atoms with Gasteiger partial charge in [-0.05, 0) is 88.6 Å². The third kappa shape index (κ3) is 5.11. The molecule has 0 fully saturated rings. The first-order valence-electron chi connectivity index (χ1n) is 15.5. The number of hydrogen-bond acceptors (Lipinski definition) is 2. The minimum atomic E-state index is 0.982. The summed E-state index contributed by atoms with van der Waals surface area (Å²) < 4.78 is 0. The van der Waals surface area contributed by atoms with Gasteiger partial charge >= 0.3 is 0 Å². The van der Waals surface area contributed by atoms with Gasteiger partial charge in [0.1, 0.15) is 5.69 Å². The molecular formula is C44H30N2. The highest BCUT2D eigenvalue weighted by Crippen LogP contribution is 2.41. The third-order valence-electron chi connectivity index (χ3n) is 8.48. The average Bonchev–Trinajstić information content (AvgIpc) is 3.14. The van der Waals surface area contributed by atoms with E-state index in [1.54, 1.807) is 0 Å². The lowest BCUT2D eigenvalue weighted by atomic mass is 10.0. The van der Waals surface area contributed by atoms with Crippen molar-refractivity contribution in [2.24, 2.45) is 0 Å². The Kier molecular flexibility index (Phi) is 7.11. The molecule has 46 heavy (non-hydrogen) atoms. The smallest absolute Gasteiger partial charge is 0.105 e. The second-order valence-corrected chi connectivity index (χ2v) is 11.3. The van der Waals surface area contributed by atoms with Gasteiger partial charge in [-0.1, -0.05) is 127 Å². The Labute approximate surface area is 270 Å². The van der Waals surface area contributed by atoms with E-state index in [4.69, 9.17) is 0 Å². The lowest BCUT2D eigenvalue weighted by Gasteiger charge is -2.27. The van der Waals surface area contributed by atoms with Crippen LogP contribution in [0.4, 0.5) is 34.1 Å². The van der Waals surface area contributed by atoms with E-state index in [1.165, 1.54) is 10.8 Å². The Morgan fingerprint density at radius 1 is 0.348 bits per heavy atom. The fourth-order valence-electron chi connectivity index (χ4n) is 6.26. The fourth-order valence-corrected chi connectivity index (χ4v) is 6.26. The first kappa shape index (κ1) is 27.3. The van der Waals surface area contributed by atoms with Crippen LogP contribution in [0.5, 0.6) is 0 Å². The molecule has 0 N–H and O–H groups in total. The Bertz CT molecular complexity index is 2070. The summed E-state index contributed by atoms with van der Waals surface area (Å²) in [6, 6.07) is 70.8. The number of para-hydroxylation sites is 2. The molecule has 0 atom stereocenters. The van der Waals surface area contributed by atoms with Crippen molar-refractivity contribution in [2.45, 2.75) is 0 Å². The van der Waals surface area contributed by atoms with Gasteiger partial charge in [0, 0.05) is 33.5 Å². The van der Waals surface area contributed by atoms with Gasteiger partial charge in [0.25, 0.3) is 0 Å². The standard InChI is InChI=1S/C44H30N2/c1-3-17-37(18-4-1)45(43-23-11-15-35-13-7-9-21-41(35)43)39-29-25-33(26-30-39)34-27-31-40(32-28-34)46(38-19-5-2-6-20-38)44-24-12-16-36-14-8-10-22-42(36)44/h1-11,13-23,25-32H. The van der Waals surface area contributed by atoms with E-state index in [-0.39, 0.29) is 0 Å². The molecule has 0 aliphatic rings. The molecule has 0 spiro atoms. The maximum atomic E-state index is 3.41. The van der Waals surface area contributed by atoms with Crippen molar-refractivity contribution in [3.8, 4) is 11.1 Å². The summed E-state index contributed by atoms with van der Waals surface area (Å²) in [7, 11) is 0. The molecule has 0 unspecified atom stereocenters. The van der Waals surface area contributed by atoms with Gasteiger partial charge in [-0.15, -0.1) is 0 Å². The molecule has 0 saturated carbocycles. The van der Waals surface area contributed by atoms with Crippen molar-refractivity contribution in [3.63, 3.8) is 0 Å². The van der Waals surface area contributed by atoms with Crippen LogP contribution in [0.15, 0.2) is 182 Å². The maximum Gasteiger partial charge on any atom is 0.105 e. The van der Waals surface area contributed by atoms with Gasteiger partial charge in [0.05, 0.1) is 5.69 Å². The topological polar surface area (TPSA) is 6.48 Å². The van der Waals surface area contributed by atoms with E-state index in [9.17, 15) is 0 Å². The molecule has 0 saturated heterocycles. The maximum absolute atomic E-state index is 3.41. The molecule has 2 heteroatoms. The number of benzene rings is 7. The summed E-state index contributed by atoms with van der Waals surface area (Å²) in [5.74, 6) is 0. The quantitative estimate of drug-likeness (QED) is 0.183. The zero-order valence-electron chi connectivity index (χ0n) is 25.2. The zero-order valence-corrected chi connectivity index (χ0v) is 25.2. The molecule has 0 amide bonds. The highest BCUT2D eigenvalue weighted by Gasteiger charge is 2.17. The van der Waals surface area contributed by atoms with Crippen LogP contribution < -0.4 is 9.80 Å². The number of anilines is 6. The minimum absolute atomic E-state index is 0.982. The fraction of sp³-hybridized carbons (Fsp3) is 0. The molecule has 0 aromatic heterocycles. The summed E-state index contributed by atoms with van der Waals surface area (Å²) in [6.07, 6.45) is 0. The van der Waals surface area contributed by atoms with Gasteiger partial charge in [-0.2, -0.15) is 0 Å². The molecule has 2 nitrogen and oxygen atoms in total. The van der Waals surface area contributed by atoms with Gasteiger partial charge < -0.3 is 9.80 Å². The van der Waals surface area contributed by atoms with Crippen molar-refractivity contribution >= 4 is 55.7 Å². The van der Waals surface area contributed by atoms with Gasteiger partial charge in [0.15, 0.2) is 0 Å². The van der Waals surface area contributed by atoms with Crippen molar-refractivity contribution < 1.29 is 0 Å². The summed E-state index contributed by atoms with van der Waals surface area (Å²) in [6.45, 7) is 0. The largest absolute Gasteiger partial charge is 0.310 e. The number of rotatable bonds is 7. The molecule has 8 aromatic rings. The number of fused-ring (bicyclic) bond motifs is 2.